The molecule has 0 atom stereocenters. The van der Waals surface area contributed by atoms with E-state index in [1.54, 1.807) is 54.2 Å². The molecule has 5 nitrogen and oxygen atoms in total. The minimum atomic E-state index is -3.53. The summed E-state index contributed by atoms with van der Waals surface area (Å²) in [6.45, 7) is 7.09. The molecule has 1 amide bonds. The van der Waals surface area contributed by atoms with E-state index in [0.717, 1.165) is 12.0 Å². The summed E-state index contributed by atoms with van der Waals surface area (Å²) in [6, 6.07) is 13.7. The Morgan fingerprint density at radius 1 is 1.10 bits per heavy atom. The number of rotatable bonds is 8. The van der Waals surface area contributed by atoms with Gasteiger partial charge in [-0.05, 0) is 35.9 Å². The Bertz CT molecular complexity index is 939. The summed E-state index contributed by atoms with van der Waals surface area (Å²) in [6.07, 6.45) is 1.15. The highest BCUT2D eigenvalue weighted by Crippen LogP contribution is 2.25. The van der Waals surface area contributed by atoms with Crippen LogP contribution in [0.1, 0.15) is 36.7 Å². The van der Waals surface area contributed by atoms with Crippen molar-refractivity contribution in [2.24, 2.45) is 0 Å². The molecule has 0 bridgehead atoms. The van der Waals surface area contributed by atoms with Crippen molar-refractivity contribution in [1.82, 2.24) is 5.32 Å². The SMILES string of the molecule is CC(C)(C)SCCNC(=O)c1ccc(N(Cc2ccccc2Cl)S(C)(=O)=O)cc1. The minimum Gasteiger partial charge on any atom is -0.351 e. The van der Waals surface area contributed by atoms with Crippen molar-refractivity contribution in [3.8, 4) is 0 Å². The van der Waals surface area contributed by atoms with Gasteiger partial charge in [-0.1, -0.05) is 50.6 Å². The van der Waals surface area contributed by atoms with Crippen LogP contribution in [-0.2, 0) is 16.6 Å². The van der Waals surface area contributed by atoms with Gasteiger partial charge in [0.15, 0.2) is 0 Å². The van der Waals surface area contributed by atoms with Gasteiger partial charge in [0.05, 0.1) is 18.5 Å². The molecule has 158 valence electrons. The average molecular weight is 455 g/mol. The molecule has 0 aliphatic carbocycles. The summed E-state index contributed by atoms with van der Waals surface area (Å²) in [7, 11) is -3.53. The molecule has 1 N–H and O–H groups in total. The molecule has 29 heavy (non-hydrogen) atoms. The van der Waals surface area contributed by atoms with Crippen molar-refractivity contribution in [3.63, 3.8) is 0 Å². The van der Waals surface area contributed by atoms with E-state index < -0.39 is 10.0 Å². The summed E-state index contributed by atoms with van der Waals surface area (Å²) in [5.74, 6) is 0.649. The molecule has 0 heterocycles. The van der Waals surface area contributed by atoms with E-state index in [-0.39, 0.29) is 17.2 Å². The van der Waals surface area contributed by atoms with Gasteiger partial charge in [0.1, 0.15) is 0 Å². The van der Waals surface area contributed by atoms with Crippen LogP contribution in [0.3, 0.4) is 0 Å². The summed E-state index contributed by atoms with van der Waals surface area (Å²) < 4.78 is 26.1. The average Bonchev–Trinajstić information content (AvgIpc) is 2.63. The second kappa shape index (κ2) is 9.87. The minimum absolute atomic E-state index is 0.119. The number of hydrogen-bond acceptors (Lipinski definition) is 4. The van der Waals surface area contributed by atoms with Crippen LogP contribution in [0.2, 0.25) is 5.02 Å². The first kappa shape index (κ1) is 23.6. The molecule has 8 heteroatoms. The fourth-order valence-electron chi connectivity index (χ4n) is 2.58. The van der Waals surface area contributed by atoms with Crippen LogP contribution in [0.5, 0.6) is 0 Å². The lowest BCUT2D eigenvalue weighted by Crippen LogP contribution is -2.30. The third-order valence-corrected chi connectivity index (χ3v) is 6.80. The first-order chi connectivity index (χ1) is 13.5. The summed E-state index contributed by atoms with van der Waals surface area (Å²) in [5, 5.41) is 3.39. The third-order valence-electron chi connectivity index (χ3n) is 4.01. The van der Waals surface area contributed by atoms with Crippen LogP contribution in [0.4, 0.5) is 5.69 Å². The van der Waals surface area contributed by atoms with Crippen molar-refractivity contribution in [1.29, 1.82) is 0 Å². The first-order valence-corrected chi connectivity index (χ1v) is 12.4. The Balaban J connectivity index is 2.09. The third kappa shape index (κ3) is 7.57. The number of nitrogens with one attached hydrogen (secondary N) is 1. The molecule has 0 aromatic heterocycles. The number of carbonyl (C=O) groups excluding carboxylic acids is 1. The normalized spacial score (nSPS) is 11.9. The zero-order chi connectivity index (χ0) is 21.7. The van der Waals surface area contributed by atoms with E-state index in [4.69, 9.17) is 11.6 Å². The summed E-state index contributed by atoms with van der Waals surface area (Å²) >= 11 is 7.97. The predicted octanol–water partition coefficient (Wildman–Crippen LogP) is 4.57. The molecule has 0 saturated carbocycles. The molecule has 0 aliphatic rings. The van der Waals surface area contributed by atoms with E-state index in [9.17, 15) is 13.2 Å². The molecule has 2 aromatic rings. The maximum Gasteiger partial charge on any atom is 0.251 e. The quantitative estimate of drug-likeness (QED) is 0.593. The number of halogens is 1. The van der Waals surface area contributed by atoms with Crippen LogP contribution in [0.25, 0.3) is 0 Å². The monoisotopic (exact) mass is 454 g/mol. The van der Waals surface area contributed by atoms with Crippen LogP contribution < -0.4 is 9.62 Å². The Labute approximate surface area is 182 Å². The zero-order valence-corrected chi connectivity index (χ0v) is 19.5. The van der Waals surface area contributed by atoms with Crippen LogP contribution >= 0.6 is 23.4 Å². The van der Waals surface area contributed by atoms with E-state index in [1.165, 1.54) is 4.31 Å². The smallest absolute Gasteiger partial charge is 0.251 e. The van der Waals surface area contributed by atoms with E-state index in [1.807, 2.05) is 6.07 Å². The number of sulfonamides is 1. The lowest BCUT2D eigenvalue weighted by atomic mass is 10.1. The first-order valence-electron chi connectivity index (χ1n) is 9.21. The number of amides is 1. The Morgan fingerprint density at radius 2 is 1.72 bits per heavy atom. The van der Waals surface area contributed by atoms with Crippen LogP contribution in [-0.4, -0.2) is 37.6 Å². The van der Waals surface area contributed by atoms with E-state index >= 15 is 0 Å². The van der Waals surface area contributed by atoms with Crippen molar-refractivity contribution >= 4 is 45.0 Å². The molecule has 2 aromatic carbocycles. The number of nitrogens with zero attached hydrogens (tertiary/aromatic N) is 1. The molecule has 0 radical (unpaired) electrons. The molecular formula is C21H27ClN2O3S2. The number of anilines is 1. The molecule has 2 rings (SSSR count). The van der Waals surface area contributed by atoms with Gasteiger partial charge in [-0.2, -0.15) is 11.8 Å². The van der Waals surface area contributed by atoms with Gasteiger partial charge in [0.25, 0.3) is 5.91 Å². The van der Waals surface area contributed by atoms with Crippen molar-refractivity contribution in [2.45, 2.75) is 32.1 Å². The lowest BCUT2D eigenvalue weighted by Gasteiger charge is -2.23. The van der Waals surface area contributed by atoms with Gasteiger partial charge >= 0.3 is 0 Å². The van der Waals surface area contributed by atoms with Gasteiger partial charge < -0.3 is 5.32 Å². The van der Waals surface area contributed by atoms with E-state index in [0.29, 0.717) is 28.4 Å². The van der Waals surface area contributed by atoms with Gasteiger partial charge in [0.2, 0.25) is 10.0 Å². The van der Waals surface area contributed by atoms with Crippen molar-refractivity contribution in [3.05, 3.63) is 64.7 Å². The largest absolute Gasteiger partial charge is 0.351 e. The number of benzene rings is 2. The maximum atomic E-state index is 12.3. The lowest BCUT2D eigenvalue weighted by molar-refractivity contribution is 0.0956. The molecule has 0 saturated heterocycles. The Morgan fingerprint density at radius 3 is 2.28 bits per heavy atom. The van der Waals surface area contributed by atoms with Crippen molar-refractivity contribution in [2.75, 3.05) is 22.9 Å². The number of thioether (sulfide) groups is 1. The highest BCUT2D eigenvalue weighted by molar-refractivity contribution is 8.00. The van der Waals surface area contributed by atoms with E-state index in [2.05, 4.69) is 26.1 Å². The zero-order valence-electron chi connectivity index (χ0n) is 17.1. The Kier molecular flexibility index (Phi) is 8.02. The second-order valence-electron chi connectivity index (χ2n) is 7.62. The topological polar surface area (TPSA) is 66.5 Å². The van der Waals surface area contributed by atoms with Gasteiger partial charge in [0, 0.05) is 27.6 Å². The molecule has 0 unspecified atom stereocenters. The second-order valence-corrected chi connectivity index (χ2v) is 11.9. The highest BCUT2D eigenvalue weighted by Gasteiger charge is 2.19. The standard InChI is InChI=1S/C21H27ClN2O3S2/c1-21(2,3)28-14-13-23-20(25)16-9-11-18(12-10-16)24(29(4,26)27)15-17-7-5-6-8-19(17)22/h5-12H,13-15H2,1-4H3,(H,23,25). The van der Waals surface area contributed by atoms with Gasteiger partial charge in [-0.15, -0.1) is 0 Å². The summed E-state index contributed by atoms with van der Waals surface area (Å²) in [5.41, 5.74) is 1.67. The molecular weight excluding hydrogens is 428 g/mol. The fourth-order valence-corrected chi connectivity index (χ4v) is 4.47. The van der Waals surface area contributed by atoms with Crippen LogP contribution in [0.15, 0.2) is 48.5 Å². The van der Waals surface area contributed by atoms with Gasteiger partial charge in [-0.25, -0.2) is 8.42 Å². The number of hydrogen-bond donors (Lipinski definition) is 1. The molecule has 0 fully saturated rings. The predicted molar refractivity (Wildman–Crippen MR) is 123 cm³/mol. The Hall–Kier alpha value is -1.70. The van der Waals surface area contributed by atoms with Gasteiger partial charge in [-0.3, -0.25) is 9.10 Å². The molecule has 0 aliphatic heterocycles. The number of carbonyl (C=O) groups is 1. The highest BCUT2D eigenvalue weighted by atomic mass is 35.5. The maximum absolute atomic E-state index is 12.3. The summed E-state index contributed by atoms with van der Waals surface area (Å²) in [4.78, 5) is 12.3. The molecule has 0 spiro atoms. The van der Waals surface area contributed by atoms with Crippen molar-refractivity contribution < 1.29 is 13.2 Å². The van der Waals surface area contributed by atoms with Crippen LogP contribution in [0, 0.1) is 0 Å². The fraction of sp³-hybridized carbons (Fsp3) is 0.381.